The third kappa shape index (κ3) is 5.11. The van der Waals surface area contributed by atoms with Crippen molar-refractivity contribution >= 4 is 57.5 Å². The number of amides is 2. The Morgan fingerprint density at radius 3 is 2.40 bits per heavy atom. The van der Waals surface area contributed by atoms with Crippen molar-refractivity contribution < 1.29 is 19.1 Å². The van der Waals surface area contributed by atoms with Gasteiger partial charge in [0, 0.05) is 34.9 Å². The Labute approximate surface area is 207 Å². The summed E-state index contributed by atoms with van der Waals surface area (Å²) in [5.41, 5.74) is 5.15. The zero-order chi connectivity index (χ0) is 25.1. The molecule has 0 fully saturated rings. The predicted molar refractivity (Wildman–Crippen MR) is 140 cm³/mol. The second kappa shape index (κ2) is 10.1. The van der Waals surface area contributed by atoms with Crippen molar-refractivity contribution in [2.75, 3.05) is 50.3 Å². The number of anilines is 3. The van der Waals surface area contributed by atoms with Crippen molar-refractivity contribution in [2.45, 2.75) is 0 Å². The van der Waals surface area contributed by atoms with Gasteiger partial charge in [0.25, 0.3) is 5.91 Å². The second-order valence-electron chi connectivity index (χ2n) is 8.33. The normalized spacial score (nSPS) is 13.8. The molecule has 4 rings (SSSR count). The van der Waals surface area contributed by atoms with E-state index in [0.29, 0.717) is 34.6 Å². The maximum Gasteiger partial charge on any atom is 0.337 e. The molecule has 1 aromatic heterocycles. The van der Waals surface area contributed by atoms with Gasteiger partial charge in [0.2, 0.25) is 5.91 Å². The highest BCUT2D eigenvalue weighted by Crippen LogP contribution is 2.38. The fourth-order valence-corrected chi connectivity index (χ4v) is 4.43. The SMILES string of the molecule is COC(=O)c1ccc2c(c1)NC(=O)C2=C(Nc1ccc(N(C)C(=O)CN(C)C)cc1)c1ccsc1. The van der Waals surface area contributed by atoms with Gasteiger partial charge in [-0.2, -0.15) is 11.3 Å². The Morgan fingerprint density at radius 2 is 1.77 bits per heavy atom. The molecule has 0 saturated carbocycles. The number of methoxy groups -OCH3 is 1. The van der Waals surface area contributed by atoms with Crippen LogP contribution in [-0.2, 0) is 14.3 Å². The maximum absolute atomic E-state index is 13.0. The quantitative estimate of drug-likeness (QED) is 0.384. The first-order valence-electron chi connectivity index (χ1n) is 10.9. The Kier molecular flexibility index (Phi) is 6.99. The molecule has 0 saturated heterocycles. The molecule has 0 aliphatic carbocycles. The third-order valence-electron chi connectivity index (χ3n) is 5.59. The van der Waals surface area contributed by atoms with Gasteiger partial charge in [0.1, 0.15) is 0 Å². The molecule has 35 heavy (non-hydrogen) atoms. The first-order valence-corrected chi connectivity index (χ1v) is 11.8. The number of rotatable bonds is 7. The summed E-state index contributed by atoms with van der Waals surface area (Å²) in [6.07, 6.45) is 0. The van der Waals surface area contributed by atoms with Crippen LogP contribution in [0.5, 0.6) is 0 Å². The van der Waals surface area contributed by atoms with E-state index in [1.54, 1.807) is 30.1 Å². The molecule has 0 radical (unpaired) electrons. The van der Waals surface area contributed by atoms with Gasteiger partial charge in [-0.25, -0.2) is 4.79 Å². The molecule has 1 aliphatic rings. The summed E-state index contributed by atoms with van der Waals surface area (Å²) in [6, 6.07) is 14.4. The Morgan fingerprint density at radius 1 is 1.03 bits per heavy atom. The monoisotopic (exact) mass is 490 g/mol. The minimum atomic E-state index is -0.468. The van der Waals surface area contributed by atoms with E-state index in [0.717, 1.165) is 16.9 Å². The van der Waals surface area contributed by atoms with E-state index in [4.69, 9.17) is 4.74 Å². The number of nitrogens with zero attached hydrogens (tertiary/aromatic N) is 2. The van der Waals surface area contributed by atoms with E-state index in [9.17, 15) is 14.4 Å². The molecule has 3 aromatic rings. The summed E-state index contributed by atoms with van der Waals surface area (Å²) < 4.78 is 4.79. The second-order valence-corrected chi connectivity index (χ2v) is 9.11. The molecule has 2 amide bonds. The lowest BCUT2D eigenvalue weighted by molar-refractivity contribution is -0.119. The van der Waals surface area contributed by atoms with Crippen LogP contribution in [0, 0.1) is 0 Å². The van der Waals surface area contributed by atoms with Crippen LogP contribution < -0.4 is 15.5 Å². The van der Waals surface area contributed by atoms with Crippen molar-refractivity contribution in [1.82, 2.24) is 4.90 Å². The molecular formula is C26H26N4O4S. The molecule has 9 heteroatoms. The standard InChI is InChI=1S/C26H26N4O4S/c1-29(2)14-22(31)30(3)19-8-6-18(7-9-19)27-24(17-11-12-35-15-17)23-20-10-5-16(26(33)34-4)13-21(20)28-25(23)32/h5-13,15,27H,14H2,1-4H3,(H,28,32). The number of likely N-dealkylation sites (N-methyl/N-ethyl adjacent to an activating group) is 2. The molecule has 0 atom stereocenters. The zero-order valence-corrected chi connectivity index (χ0v) is 20.7. The van der Waals surface area contributed by atoms with Crippen LogP contribution in [0.2, 0.25) is 0 Å². The van der Waals surface area contributed by atoms with Gasteiger partial charge in [-0.3, -0.25) is 9.59 Å². The lowest BCUT2D eigenvalue weighted by Crippen LogP contribution is -2.34. The van der Waals surface area contributed by atoms with Gasteiger partial charge in [-0.1, -0.05) is 6.07 Å². The largest absolute Gasteiger partial charge is 0.465 e. The fraction of sp³-hybridized carbons (Fsp3) is 0.192. The summed E-state index contributed by atoms with van der Waals surface area (Å²) in [7, 11) is 6.77. The van der Waals surface area contributed by atoms with Crippen LogP contribution in [0.25, 0.3) is 11.3 Å². The smallest absolute Gasteiger partial charge is 0.337 e. The molecule has 2 aromatic carbocycles. The molecule has 2 N–H and O–H groups in total. The minimum Gasteiger partial charge on any atom is -0.465 e. The lowest BCUT2D eigenvalue weighted by atomic mass is 10.00. The minimum absolute atomic E-state index is 0.0117. The van der Waals surface area contributed by atoms with Crippen LogP contribution in [0.15, 0.2) is 59.3 Å². The van der Waals surface area contributed by atoms with Crippen LogP contribution >= 0.6 is 11.3 Å². The van der Waals surface area contributed by atoms with Crippen LogP contribution in [-0.4, -0.2) is 57.5 Å². The fourth-order valence-electron chi connectivity index (χ4n) is 3.78. The summed E-state index contributed by atoms with van der Waals surface area (Å²) >= 11 is 1.53. The number of ether oxygens (including phenoxy) is 1. The van der Waals surface area contributed by atoms with E-state index < -0.39 is 5.97 Å². The average molecular weight is 491 g/mol. The van der Waals surface area contributed by atoms with Gasteiger partial charge in [0.15, 0.2) is 0 Å². The molecule has 1 aliphatic heterocycles. The van der Waals surface area contributed by atoms with Crippen molar-refractivity contribution in [3.05, 3.63) is 76.0 Å². The van der Waals surface area contributed by atoms with Gasteiger partial charge < -0.3 is 25.2 Å². The Balaban J connectivity index is 1.68. The number of hydrogen-bond donors (Lipinski definition) is 2. The molecule has 0 unspecified atom stereocenters. The summed E-state index contributed by atoms with van der Waals surface area (Å²) in [6.45, 7) is 0.317. The Bertz CT molecular complexity index is 1300. The summed E-state index contributed by atoms with van der Waals surface area (Å²) in [4.78, 5) is 40.8. The van der Waals surface area contributed by atoms with Crippen LogP contribution in [0.4, 0.5) is 17.1 Å². The summed E-state index contributed by atoms with van der Waals surface area (Å²) in [5, 5.41) is 10.2. The van der Waals surface area contributed by atoms with Crippen LogP contribution in [0.3, 0.4) is 0 Å². The number of hydrogen-bond acceptors (Lipinski definition) is 7. The first-order chi connectivity index (χ1) is 16.8. The van der Waals surface area contributed by atoms with E-state index in [2.05, 4.69) is 10.6 Å². The molecule has 2 heterocycles. The van der Waals surface area contributed by atoms with Crippen molar-refractivity contribution in [3.8, 4) is 0 Å². The number of carbonyl (C=O) groups is 3. The number of fused-ring (bicyclic) bond motifs is 1. The van der Waals surface area contributed by atoms with Gasteiger partial charge in [-0.05, 0) is 61.9 Å². The van der Waals surface area contributed by atoms with Crippen molar-refractivity contribution in [1.29, 1.82) is 0 Å². The van der Waals surface area contributed by atoms with E-state index in [1.807, 2.05) is 60.1 Å². The molecule has 0 spiro atoms. The first kappa shape index (κ1) is 24.2. The number of carbonyl (C=O) groups excluding carboxylic acids is 3. The van der Waals surface area contributed by atoms with Gasteiger partial charge >= 0.3 is 5.97 Å². The number of esters is 1. The predicted octanol–water partition coefficient (Wildman–Crippen LogP) is 3.99. The third-order valence-corrected chi connectivity index (χ3v) is 6.28. The highest BCUT2D eigenvalue weighted by Gasteiger charge is 2.29. The number of nitrogens with one attached hydrogen (secondary N) is 2. The zero-order valence-electron chi connectivity index (χ0n) is 19.9. The maximum atomic E-state index is 13.0. The van der Waals surface area contributed by atoms with E-state index in [-0.39, 0.29) is 11.8 Å². The molecule has 8 nitrogen and oxygen atoms in total. The average Bonchev–Trinajstić information content (AvgIpc) is 3.48. The Hall–Kier alpha value is -3.95. The molecular weight excluding hydrogens is 464 g/mol. The van der Waals surface area contributed by atoms with Gasteiger partial charge in [0.05, 0.1) is 36.2 Å². The van der Waals surface area contributed by atoms with Gasteiger partial charge in [-0.15, -0.1) is 0 Å². The van der Waals surface area contributed by atoms with Crippen molar-refractivity contribution in [3.63, 3.8) is 0 Å². The number of thiophene rings is 1. The molecule has 180 valence electrons. The van der Waals surface area contributed by atoms with E-state index >= 15 is 0 Å². The summed E-state index contributed by atoms with van der Waals surface area (Å²) in [5.74, 6) is -0.742. The number of benzene rings is 2. The highest BCUT2D eigenvalue weighted by molar-refractivity contribution is 7.08. The van der Waals surface area contributed by atoms with Crippen LogP contribution in [0.1, 0.15) is 21.5 Å². The van der Waals surface area contributed by atoms with E-state index in [1.165, 1.54) is 18.4 Å². The lowest BCUT2D eigenvalue weighted by Gasteiger charge is -2.20. The molecule has 0 bridgehead atoms. The highest BCUT2D eigenvalue weighted by atomic mass is 32.1. The topological polar surface area (TPSA) is 91.0 Å². The van der Waals surface area contributed by atoms with Crippen molar-refractivity contribution in [2.24, 2.45) is 0 Å².